The summed E-state index contributed by atoms with van der Waals surface area (Å²) in [6, 6.07) is 14.4. The zero-order valence-corrected chi connectivity index (χ0v) is 11.0. The van der Waals surface area contributed by atoms with Crippen LogP contribution in [0.25, 0.3) is 0 Å². The van der Waals surface area contributed by atoms with Crippen LogP contribution in [0.2, 0.25) is 0 Å². The van der Waals surface area contributed by atoms with Crippen LogP contribution in [0.1, 0.15) is 11.1 Å². The smallest absolute Gasteiger partial charge is 0.126 e. The number of hydrogen-bond acceptors (Lipinski definition) is 2. The Balaban J connectivity index is 2.05. The van der Waals surface area contributed by atoms with E-state index in [9.17, 15) is 4.39 Å². The maximum absolute atomic E-state index is 13.6. The summed E-state index contributed by atoms with van der Waals surface area (Å²) in [6.45, 7) is 0. The molecule has 2 aromatic carbocycles. The van der Waals surface area contributed by atoms with Crippen molar-refractivity contribution in [2.75, 3.05) is 7.11 Å². The zero-order valence-electron chi connectivity index (χ0n) is 11.0. The van der Waals surface area contributed by atoms with Gasteiger partial charge in [-0.1, -0.05) is 36.4 Å². The molecule has 0 heterocycles. The van der Waals surface area contributed by atoms with E-state index in [2.05, 4.69) is 0 Å². The van der Waals surface area contributed by atoms with Gasteiger partial charge in [-0.25, -0.2) is 4.39 Å². The molecule has 0 amide bonds. The summed E-state index contributed by atoms with van der Waals surface area (Å²) < 4.78 is 18.8. The Morgan fingerprint density at radius 1 is 1.00 bits per heavy atom. The lowest BCUT2D eigenvalue weighted by atomic mass is 9.99. The van der Waals surface area contributed by atoms with Gasteiger partial charge in [0.05, 0.1) is 7.11 Å². The molecule has 100 valence electrons. The highest BCUT2D eigenvalue weighted by Crippen LogP contribution is 2.19. The first-order valence-electron chi connectivity index (χ1n) is 6.31. The van der Waals surface area contributed by atoms with Gasteiger partial charge < -0.3 is 10.5 Å². The van der Waals surface area contributed by atoms with Crippen LogP contribution in [0.15, 0.2) is 48.5 Å². The molecule has 1 atom stereocenters. The highest BCUT2D eigenvalue weighted by Gasteiger charge is 2.11. The third-order valence-electron chi connectivity index (χ3n) is 3.11. The second kappa shape index (κ2) is 6.34. The van der Waals surface area contributed by atoms with Crippen molar-refractivity contribution in [2.45, 2.75) is 18.9 Å². The largest absolute Gasteiger partial charge is 0.496 e. The molecule has 0 fully saturated rings. The van der Waals surface area contributed by atoms with Crippen LogP contribution in [-0.2, 0) is 12.8 Å². The number of benzene rings is 2. The lowest BCUT2D eigenvalue weighted by Crippen LogP contribution is -2.26. The number of methoxy groups -OCH3 is 1. The van der Waals surface area contributed by atoms with Gasteiger partial charge in [-0.15, -0.1) is 0 Å². The van der Waals surface area contributed by atoms with Crippen LogP contribution in [0.5, 0.6) is 5.75 Å². The van der Waals surface area contributed by atoms with Gasteiger partial charge in [-0.3, -0.25) is 0 Å². The molecule has 19 heavy (non-hydrogen) atoms. The Bertz CT molecular complexity index is 542. The van der Waals surface area contributed by atoms with Crippen molar-refractivity contribution in [1.82, 2.24) is 0 Å². The fourth-order valence-electron chi connectivity index (χ4n) is 2.17. The number of halogens is 1. The van der Waals surface area contributed by atoms with Gasteiger partial charge in [-0.2, -0.15) is 0 Å². The molecule has 0 aromatic heterocycles. The molecule has 2 nitrogen and oxygen atoms in total. The number of rotatable bonds is 5. The summed E-state index contributed by atoms with van der Waals surface area (Å²) in [7, 11) is 1.64. The Labute approximate surface area is 113 Å². The van der Waals surface area contributed by atoms with Crippen LogP contribution >= 0.6 is 0 Å². The van der Waals surface area contributed by atoms with Crippen LogP contribution in [-0.4, -0.2) is 13.2 Å². The lowest BCUT2D eigenvalue weighted by molar-refractivity contribution is 0.407. The highest BCUT2D eigenvalue weighted by molar-refractivity contribution is 5.34. The van der Waals surface area contributed by atoms with Crippen molar-refractivity contribution in [2.24, 2.45) is 5.73 Å². The Hall–Kier alpha value is -1.87. The SMILES string of the molecule is COc1ccccc1CC(N)Cc1ccccc1F. The van der Waals surface area contributed by atoms with Crippen LogP contribution < -0.4 is 10.5 Å². The van der Waals surface area contributed by atoms with Crippen molar-refractivity contribution < 1.29 is 9.13 Å². The number of hydrogen-bond donors (Lipinski definition) is 1. The van der Waals surface area contributed by atoms with E-state index >= 15 is 0 Å². The second-order valence-electron chi connectivity index (χ2n) is 4.57. The normalized spacial score (nSPS) is 12.2. The highest BCUT2D eigenvalue weighted by atomic mass is 19.1. The molecule has 0 aliphatic heterocycles. The van der Waals surface area contributed by atoms with Gasteiger partial charge in [0.2, 0.25) is 0 Å². The number of nitrogens with two attached hydrogens (primary N) is 1. The molecule has 1 unspecified atom stereocenters. The summed E-state index contributed by atoms with van der Waals surface area (Å²) in [5.41, 5.74) is 7.82. The first-order valence-corrected chi connectivity index (χ1v) is 6.31. The summed E-state index contributed by atoms with van der Waals surface area (Å²) in [6.07, 6.45) is 1.18. The van der Waals surface area contributed by atoms with Crippen LogP contribution in [0.3, 0.4) is 0 Å². The molecule has 0 radical (unpaired) electrons. The second-order valence-corrected chi connectivity index (χ2v) is 4.57. The molecular formula is C16H18FNO. The third kappa shape index (κ3) is 3.55. The van der Waals surface area contributed by atoms with Crippen molar-refractivity contribution in [3.05, 3.63) is 65.5 Å². The lowest BCUT2D eigenvalue weighted by Gasteiger charge is -2.14. The average Bonchev–Trinajstić information content (AvgIpc) is 2.42. The Morgan fingerprint density at radius 3 is 2.26 bits per heavy atom. The van der Waals surface area contributed by atoms with Crippen molar-refractivity contribution >= 4 is 0 Å². The van der Waals surface area contributed by atoms with Gasteiger partial charge in [0.15, 0.2) is 0 Å². The molecule has 0 aliphatic carbocycles. The van der Waals surface area contributed by atoms with Crippen LogP contribution in [0.4, 0.5) is 4.39 Å². The van der Waals surface area contributed by atoms with Gasteiger partial charge in [0, 0.05) is 6.04 Å². The zero-order chi connectivity index (χ0) is 13.7. The molecule has 2 N–H and O–H groups in total. The third-order valence-corrected chi connectivity index (χ3v) is 3.11. The molecule has 0 saturated heterocycles. The van der Waals surface area contributed by atoms with Crippen molar-refractivity contribution in [3.8, 4) is 5.75 Å². The van der Waals surface area contributed by atoms with Crippen molar-refractivity contribution in [3.63, 3.8) is 0 Å². The van der Waals surface area contributed by atoms with E-state index < -0.39 is 0 Å². The minimum Gasteiger partial charge on any atom is -0.496 e. The maximum atomic E-state index is 13.6. The molecule has 0 aliphatic rings. The number of ether oxygens (including phenoxy) is 1. The average molecular weight is 259 g/mol. The number of para-hydroxylation sites is 1. The molecule has 0 saturated carbocycles. The summed E-state index contributed by atoms with van der Waals surface area (Å²) >= 11 is 0. The predicted octanol–water partition coefficient (Wildman–Crippen LogP) is 2.95. The molecule has 2 rings (SSSR count). The van der Waals surface area contributed by atoms with E-state index in [4.69, 9.17) is 10.5 Å². The molecule has 2 aromatic rings. The fraction of sp³-hybridized carbons (Fsp3) is 0.250. The molecule has 0 bridgehead atoms. The molecule has 0 spiro atoms. The molecule has 3 heteroatoms. The van der Waals surface area contributed by atoms with Crippen molar-refractivity contribution in [1.29, 1.82) is 0 Å². The van der Waals surface area contributed by atoms with E-state index in [1.807, 2.05) is 30.3 Å². The van der Waals surface area contributed by atoms with Gasteiger partial charge >= 0.3 is 0 Å². The van der Waals surface area contributed by atoms with E-state index in [1.54, 1.807) is 19.2 Å². The standard InChI is InChI=1S/C16H18FNO/c1-19-16-9-5-3-7-13(16)11-14(18)10-12-6-2-4-8-15(12)17/h2-9,14H,10-11,18H2,1H3. The first kappa shape index (κ1) is 13.6. The van der Waals surface area contributed by atoms with Crippen LogP contribution in [0, 0.1) is 5.82 Å². The fourth-order valence-corrected chi connectivity index (χ4v) is 2.17. The Kier molecular flexibility index (Phi) is 4.53. The quantitative estimate of drug-likeness (QED) is 0.896. The van der Waals surface area contributed by atoms with E-state index in [-0.39, 0.29) is 11.9 Å². The van der Waals surface area contributed by atoms with Gasteiger partial charge in [0.25, 0.3) is 0 Å². The minimum absolute atomic E-state index is 0.131. The first-order chi connectivity index (χ1) is 9.20. The monoisotopic (exact) mass is 259 g/mol. The van der Waals surface area contributed by atoms with E-state index in [0.717, 1.165) is 11.3 Å². The summed E-state index contributed by atoms with van der Waals surface area (Å²) in [5, 5.41) is 0. The predicted molar refractivity (Wildman–Crippen MR) is 74.8 cm³/mol. The van der Waals surface area contributed by atoms with Gasteiger partial charge in [0.1, 0.15) is 11.6 Å². The molecular weight excluding hydrogens is 241 g/mol. The topological polar surface area (TPSA) is 35.2 Å². The van der Waals surface area contributed by atoms with E-state index in [0.29, 0.717) is 18.4 Å². The Morgan fingerprint density at radius 2 is 1.58 bits per heavy atom. The summed E-state index contributed by atoms with van der Waals surface area (Å²) in [5.74, 6) is 0.629. The minimum atomic E-state index is -0.196. The van der Waals surface area contributed by atoms with E-state index in [1.165, 1.54) is 6.07 Å². The summed E-state index contributed by atoms with van der Waals surface area (Å²) in [4.78, 5) is 0. The van der Waals surface area contributed by atoms with Gasteiger partial charge in [-0.05, 0) is 36.1 Å². The maximum Gasteiger partial charge on any atom is 0.126 e.